The Balaban J connectivity index is 1.54. The monoisotopic (exact) mass is 348 g/mol. The molecule has 0 spiro atoms. The van der Waals surface area contributed by atoms with Crippen LogP contribution in [-0.4, -0.2) is 17.0 Å². The Hall–Kier alpha value is -2.55. The van der Waals surface area contributed by atoms with Gasteiger partial charge in [0.15, 0.2) is 0 Å². The third-order valence-corrected chi connectivity index (χ3v) is 4.87. The summed E-state index contributed by atoms with van der Waals surface area (Å²) in [5.41, 5.74) is 4.58. The van der Waals surface area contributed by atoms with Crippen molar-refractivity contribution in [3.63, 3.8) is 0 Å². The lowest BCUT2D eigenvalue weighted by atomic mass is 9.87. The van der Waals surface area contributed by atoms with Crippen LogP contribution in [0.4, 0.5) is 0 Å². The summed E-state index contributed by atoms with van der Waals surface area (Å²) < 4.78 is 2.32. The Morgan fingerprint density at radius 2 is 1.73 bits per heavy atom. The SMILES string of the molecule is Cc1cc2ccccc2n1CCCNC(=O)c1ccc(C(C)(C)C)cc1. The zero-order valence-electron chi connectivity index (χ0n) is 16.2. The van der Waals surface area contributed by atoms with Crippen LogP contribution >= 0.6 is 0 Å². The number of hydrogen-bond acceptors (Lipinski definition) is 1. The molecule has 0 atom stereocenters. The van der Waals surface area contributed by atoms with E-state index in [4.69, 9.17) is 0 Å². The molecule has 3 heteroatoms. The summed E-state index contributed by atoms with van der Waals surface area (Å²) in [6.45, 7) is 10.2. The molecule has 1 heterocycles. The minimum Gasteiger partial charge on any atom is -0.352 e. The maximum absolute atomic E-state index is 12.3. The molecule has 136 valence electrons. The van der Waals surface area contributed by atoms with Gasteiger partial charge in [0.2, 0.25) is 0 Å². The molecule has 1 amide bonds. The standard InChI is InChI=1S/C23H28N2O/c1-17-16-19-8-5-6-9-21(19)25(17)15-7-14-24-22(26)18-10-12-20(13-11-18)23(2,3)4/h5-6,8-13,16H,7,14-15H2,1-4H3,(H,24,26). The van der Waals surface area contributed by atoms with Gasteiger partial charge >= 0.3 is 0 Å². The van der Waals surface area contributed by atoms with Crippen molar-refractivity contribution in [3.05, 3.63) is 71.4 Å². The molecule has 0 fully saturated rings. The second-order valence-corrected chi connectivity index (χ2v) is 7.93. The number of benzene rings is 2. The number of rotatable bonds is 5. The van der Waals surface area contributed by atoms with Gasteiger partial charge in [-0.3, -0.25) is 4.79 Å². The third-order valence-electron chi connectivity index (χ3n) is 4.87. The number of nitrogens with one attached hydrogen (secondary N) is 1. The van der Waals surface area contributed by atoms with Crippen LogP contribution in [0.2, 0.25) is 0 Å². The lowest BCUT2D eigenvalue weighted by molar-refractivity contribution is 0.0952. The molecule has 26 heavy (non-hydrogen) atoms. The molecule has 3 aromatic rings. The average molecular weight is 348 g/mol. The van der Waals surface area contributed by atoms with E-state index in [1.165, 1.54) is 22.2 Å². The van der Waals surface area contributed by atoms with Crippen molar-refractivity contribution in [2.24, 2.45) is 0 Å². The van der Waals surface area contributed by atoms with Crippen LogP contribution in [0.25, 0.3) is 10.9 Å². The van der Waals surface area contributed by atoms with Gasteiger partial charge in [0.1, 0.15) is 0 Å². The van der Waals surface area contributed by atoms with E-state index >= 15 is 0 Å². The van der Waals surface area contributed by atoms with E-state index in [0.29, 0.717) is 6.54 Å². The van der Waals surface area contributed by atoms with E-state index in [0.717, 1.165) is 18.5 Å². The van der Waals surface area contributed by atoms with E-state index in [9.17, 15) is 4.79 Å². The largest absolute Gasteiger partial charge is 0.352 e. The Morgan fingerprint density at radius 3 is 2.42 bits per heavy atom. The summed E-state index contributed by atoms with van der Waals surface area (Å²) in [7, 11) is 0. The predicted molar refractivity (Wildman–Crippen MR) is 109 cm³/mol. The van der Waals surface area contributed by atoms with Crippen molar-refractivity contribution in [1.29, 1.82) is 0 Å². The van der Waals surface area contributed by atoms with Crippen molar-refractivity contribution >= 4 is 16.8 Å². The number of carbonyl (C=O) groups excluding carboxylic acids is 1. The minimum atomic E-state index is -0.000421. The zero-order chi connectivity index (χ0) is 18.7. The Labute approximate surface area is 156 Å². The molecular formula is C23H28N2O. The topological polar surface area (TPSA) is 34.0 Å². The first-order chi connectivity index (χ1) is 12.4. The van der Waals surface area contributed by atoms with E-state index < -0.39 is 0 Å². The molecule has 1 aromatic heterocycles. The van der Waals surface area contributed by atoms with Gasteiger partial charge < -0.3 is 9.88 Å². The highest BCUT2D eigenvalue weighted by Gasteiger charge is 2.14. The summed E-state index contributed by atoms with van der Waals surface area (Å²) >= 11 is 0. The van der Waals surface area contributed by atoms with E-state index in [-0.39, 0.29) is 11.3 Å². The molecule has 3 nitrogen and oxygen atoms in total. The maximum Gasteiger partial charge on any atom is 0.251 e. The zero-order valence-corrected chi connectivity index (χ0v) is 16.2. The van der Waals surface area contributed by atoms with Crippen LogP contribution in [0.1, 0.15) is 48.8 Å². The van der Waals surface area contributed by atoms with Crippen LogP contribution in [0.15, 0.2) is 54.6 Å². The highest BCUT2D eigenvalue weighted by molar-refractivity contribution is 5.94. The summed E-state index contributed by atoms with van der Waals surface area (Å²) in [6, 6.07) is 18.6. The molecule has 0 bridgehead atoms. The molecular weight excluding hydrogens is 320 g/mol. The predicted octanol–water partition coefficient (Wildman–Crippen LogP) is 5.07. The molecule has 0 saturated carbocycles. The molecule has 0 radical (unpaired) electrons. The Morgan fingerprint density at radius 1 is 1.04 bits per heavy atom. The molecule has 0 aliphatic carbocycles. The van der Waals surface area contributed by atoms with Crippen LogP contribution < -0.4 is 5.32 Å². The molecule has 1 N–H and O–H groups in total. The van der Waals surface area contributed by atoms with Gasteiger partial charge in [0.05, 0.1) is 0 Å². The maximum atomic E-state index is 12.3. The number of hydrogen-bond donors (Lipinski definition) is 1. The summed E-state index contributed by atoms with van der Waals surface area (Å²) in [5, 5.41) is 4.31. The number of amides is 1. The van der Waals surface area contributed by atoms with Crippen LogP contribution in [0.5, 0.6) is 0 Å². The van der Waals surface area contributed by atoms with Crippen molar-refractivity contribution in [2.45, 2.75) is 46.1 Å². The van der Waals surface area contributed by atoms with Gasteiger partial charge in [-0.2, -0.15) is 0 Å². The first-order valence-electron chi connectivity index (χ1n) is 9.30. The highest BCUT2D eigenvalue weighted by Crippen LogP contribution is 2.22. The van der Waals surface area contributed by atoms with Crippen molar-refractivity contribution in [3.8, 4) is 0 Å². The molecule has 0 unspecified atom stereocenters. The molecule has 2 aromatic carbocycles. The number of nitrogens with zero attached hydrogens (tertiary/aromatic N) is 1. The number of aromatic nitrogens is 1. The van der Waals surface area contributed by atoms with Crippen LogP contribution in [0.3, 0.4) is 0 Å². The van der Waals surface area contributed by atoms with Crippen molar-refractivity contribution in [2.75, 3.05) is 6.54 Å². The first-order valence-corrected chi connectivity index (χ1v) is 9.30. The van der Waals surface area contributed by atoms with Crippen LogP contribution in [0, 0.1) is 6.92 Å². The molecule has 0 aliphatic heterocycles. The fraction of sp³-hybridized carbons (Fsp3) is 0.348. The number of carbonyl (C=O) groups is 1. The second-order valence-electron chi connectivity index (χ2n) is 7.93. The molecule has 3 rings (SSSR count). The summed E-state index contributed by atoms with van der Waals surface area (Å²) in [4.78, 5) is 12.3. The fourth-order valence-corrected chi connectivity index (χ4v) is 3.31. The summed E-state index contributed by atoms with van der Waals surface area (Å²) in [6.07, 6.45) is 0.908. The van der Waals surface area contributed by atoms with Gasteiger partial charge in [-0.05, 0) is 54.0 Å². The van der Waals surface area contributed by atoms with Gasteiger partial charge in [0, 0.05) is 29.9 Å². The normalized spacial score (nSPS) is 11.7. The third kappa shape index (κ3) is 3.98. The van der Waals surface area contributed by atoms with Crippen molar-refractivity contribution in [1.82, 2.24) is 9.88 Å². The lowest BCUT2D eigenvalue weighted by Gasteiger charge is -2.19. The molecule has 0 saturated heterocycles. The van der Waals surface area contributed by atoms with E-state index in [2.05, 4.69) is 67.9 Å². The van der Waals surface area contributed by atoms with Gasteiger partial charge in [-0.15, -0.1) is 0 Å². The Bertz CT molecular complexity index is 898. The minimum absolute atomic E-state index is 0.000421. The summed E-state index contributed by atoms with van der Waals surface area (Å²) in [5.74, 6) is -0.000421. The first kappa shape index (κ1) is 18.2. The highest BCUT2D eigenvalue weighted by atomic mass is 16.1. The van der Waals surface area contributed by atoms with Gasteiger partial charge in [-0.1, -0.05) is 51.1 Å². The van der Waals surface area contributed by atoms with E-state index in [1.54, 1.807) is 0 Å². The van der Waals surface area contributed by atoms with Crippen LogP contribution in [-0.2, 0) is 12.0 Å². The van der Waals surface area contributed by atoms with E-state index in [1.807, 2.05) is 24.3 Å². The smallest absolute Gasteiger partial charge is 0.251 e. The fourth-order valence-electron chi connectivity index (χ4n) is 3.31. The second kappa shape index (κ2) is 7.36. The lowest BCUT2D eigenvalue weighted by Crippen LogP contribution is -2.25. The quantitative estimate of drug-likeness (QED) is 0.642. The Kier molecular flexibility index (Phi) is 5.17. The van der Waals surface area contributed by atoms with Gasteiger partial charge in [0.25, 0.3) is 5.91 Å². The molecule has 0 aliphatic rings. The van der Waals surface area contributed by atoms with Crippen molar-refractivity contribution < 1.29 is 4.79 Å². The average Bonchev–Trinajstić information content (AvgIpc) is 2.93. The number of para-hydroxylation sites is 1. The van der Waals surface area contributed by atoms with Gasteiger partial charge in [-0.25, -0.2) is 0 Å². The number of aryl methyl sites for hydroxylation is 2. The number of fused-ring (bicyclic) bond motifs is 1.